The number of rotatable bonds is 22. The maximum Gasteiger partial charge on any atom is 0.418 e. The third-order valence-corrected chi connectivity index (χ3v) is 12.2. The predicted octanol–water partition coefficient (Wildman–Crippen LogP) is 2.91. The molecule has 1 unspecified atom stereocenters. The summed E-state index contributed by atoms with van der Waals surface area (Å²) in [7, 11) is 0. The van der Waals surface area contributed by atoms with Gasteiger partial charge in [0.25, 0.3) is 17.7 Å². The second-order valence-corrected chi connectivity index (χ2v) is 17.0. The molecule has 3 N–H and O–H groups in total. The fourth-order valence-corrected chi connectivity index (χ4v) is 8.66. The summed E-state index contributed by atoms with van der Waals surface area (Å²) in [6.07, 6.45) is 1.01. The van der Waals surface area contributed by atoms with Crippen LogP contribution in [0.1, 0.15) is 88.9 Å². The number of carbonyl (C=O) groups excluding carboxylic acids is 9. The number of ether oxygens (including phenoxy) is 4. The van der Waals surface area contributed by atoms with Crippen LogP contribution < -0.4 is 16.0 Å². The van der Waals surface area contributed by atoms with Crippen molar-refractivity contribution in [2.75, 3.05) is 58.0 Å². The summed E-state index contributed by atoms with van der Waals surface area (Å²) in [6.45, 7) is 4.15. The molecule has 3 aromatic rings. The molecular formula is C48H53FN6O13. The van der Waals surface area contributed by atoms with E-state index in [1.165, 1.54) is 36.1 Å². The summed E-state index contributed by atoms with van der Waals surface area (Å²) in [5.74, 6) is -4.52. The van der Waals surface area contributed by atoms with E-state index in [9.17, 15) is 47.5 Å². The number of hydrogen-bond acceptors (Lipinski definition) is 13. The Hall–Kier alpha value is -6.90. The summed E-state index contributed by atoms with van der Waals surface area (Å²) in [5, 5.41) is 7.68. The Kier molecular flexibility index (Phi) is 15.7. The second kappa shape index (κ2) is 21.8. The number of imide groups is 3. The molecule has 19 nitrogen and oxygen atoms in total. The Bertz CT molecular complexity index is 2480. The lowest BCUT2D eigenvalue weighted by molar-refractivity contribution is -0.143. The lowest BCUT2D eigenvalue weighted by Gasteiger charge is -2.31. The number of piperidine rings is 1. The van der Waals surface area contributed by atoms with Gasteiger partial charge in [-0.1, -0.05) is 24.3 Å². The first-order chi connectivity index (χ1) is 32.6. The third kappa shape index (κ3) is 11.3. The van der Waals surface area contributed by atoms with E-state index in [1.54, 1.807) is 43.3 Å². The molecular weight excluding hydrogens is 888 g/mol. The third-order valence-electron chi connectivity index (χ3n) is 12.2. The largest absolute Gasteiger partial charge is 0.427 e. The van der Waals surface area contributed by atoms with Gasteiger partial charge in [0.15, 0.2) is 0 Å². The van der Waals surface area contributed by atoms with Gasteiger partial charge in [-0.2, -0.15) is 0 Å². The van der Waals surface area contributed by atoms with Crippen LogP contribution in [-0.4, -0.2) is 133 Å². The van der Waals surface area contributed by atoms with Gasteiger partial charge in [-0.05, 0) is 85.7 Å². The van der Waals surface area contributed by atoms with E-state index < -0.39 is 71.6 Å². The molecule has 20 heteroatoms. The Labute approximate surface area is 390 Å². The average molecular weight is 941 g/mol. The van der Waals surface area contributed by atoms with Crippen molar-refractivity contribution in [2.24, 2.45) is 0 Å². The van der Waals surface area contributed by atoms with Crippen LogP contribution in [0.3, 0.4) is 0 Å². The minimum Gasteiger partial charge on any atom is -0.427 e. The number of hydrogen-bond donors (Lipinski definition) is 3. The van der Waals surface area contributed by atoms with E-state index >= 15 is 0 Å². The van der Waals surface area contributed by atoms with Gasteiger partial charge >= 0.3 is 6.09 Å². The number of halogens is 1. The zero-order valence-electron chi connectivity index (χ0n) is 37.8. The van der Waals surface area contributed by atoms with Gasteiger partial charge in [0.05, 0.1) is 44.2 Å². The van der Waals surface area contributed by atoms with Crippen molar-refractivity contribution in [2.45, 2.75) is 83.0 Å². The molecule has 9 amide bonds. The normalized spacial score (nSPS) is 19.0. The van der Waals surface area contributed by atoms with Gasteiger partial charge in [0.1, 0.15) is 18.4 Å². The van der Waals surface area contributed by atoms with Gasteiger partial charge in [0, 0.05) is 63.2 Å². The Morgan fingerprint density at radius 1 is 0.868 bits per heavy atom. The van der Waals surface area contributed by atoms with Crippen LogP contribution >= 0.6 is 0 Å². The molecule has 0 bridgehead atoms. The van der Waals surface area contributed by atoms with Gasteiger partial charge in [0.2, 0.25) is 35.1 Å². The van der Waals surface area contributed by atoms with Crippen LogP contribution in [-0.2, 0) is 72.7 Å². The highest BCUT2D eigenvalue weighted by molar-refractivity contribution is 6.23. The highest BCUT2D eigenvalue weighted by atomic mass is 19.1. The van der Waals surface area contributed by atoms with Crippen LogP contribution in [0, 0.1) is 5.82 Å². The van der Waals surface area contributed by atoms with Crippen molar-refractivity contribution in [3.05, 3.63) is 99.9 Å². The smallest absolute Gasteiger partial charge is 0.418 e. The first kappa shape index (κ1) is 49.0. The minimum atomic E-state index is -1.59. The average Bonchev–Trinajstić information content (AvgIpc) is 3.88. The van der Waals surface area contributed by atoms with E-state index in [4.69, 9.17) is 18.9 Å². The van der Waals surface area contributed by atoms with Gasteiger partial charge < -0.3 is 34.5 Å². The summed E-state index contributed by atoms with van der Waals surface area (Å²) < 4.78 is 36.2. The molecule has 4 aliphatic rings. The standard InChI is InChI=1S/C48H53FN6O13/c1-29(53(27-32-5-8-34(49)9-6-32)42(59)28-54-46(63)48(68-47(54)64)17-15-33-25-35(51-30(2)56)10-12-38(33)48)26-50-40(57)16-19-66-21-23-67-22-20-65-18-3-4-31-7-11-36-37(24-31)45(62)55(44(36)61)39-13-14-41(58)52-43(39)60/h5-12,24-25,29,39H,3-4,13-23,26-28H2,1-2H3,(H,50,57)(H,51,56)(H,52,58,60)/t29-,39?,48+/m0/s1. The minimum absolute atomic E-state index is 0.000266. The summed E-state index contributed by atoms with van der Waals surface area (Å²) in [5.41, 5.74) is 2.06. The summed E-state index contributed by atoms with van der Waals surface area (Å²) >= 11 is 0. The van der Waals surface area contributed by atoms with Crippen molar-refractivity contribution in [3.8, 4) is 0 Å². The van der Waals surface area contributed by atoms with Crippen LogP contribution in [0.15, 0.2) is 60.7 Å². The predicted molar refractivity (Wildman–Crippen MR) is 237 cm³/mol. The van der Waals surface area contributed by atoms with Crippen molar-refractivity contribution < 1.29 is 66.5 Å². The van der Waals surface area contributed by atoms with Crippen molar-refractivity contribution in [1.82, 2.24) is 25.3 Å². The molecule has 7 rings (SSSR count). The molecule has 3 atom stereocenters. The zero-order valence-corrected chi connectivity index (χ0v) is 37.8. The summed E-state index contributed by atoms with van der Waals surface area (Å²) in [4.78, 5) is 118. The van der Waals surface area contributed by atoms with Crippen LogP contribution in [0.5, 0.6) is 0 Å². The van der Waals surface area contributed by atoms with Crippen molar-refractivity contribution in [3.63, 3.8) is 0 Å². The molecule has 3 aromatic carbocycles. The van der Waals surface area contributed by atoms with E-state index in [2.05, 4.69) is 16.0 Å². The van der Waals surface area contributed by atoms with Crippen molar-refractivity contribution in [1.29, 1.82) is 0 Å². The fraction of sp³-hybridized carbons (Fsp3) is 0.438. The first-order valence-electron chi connectivity index (χ1n) is 22.5. The highest BCUT2D eigenvalue weighted by Gasteiger charge is 2.58. The number of nitrogens with one attached hydrogen (secondary N) is 3. The van der Waals surface area contributed by atoms with E-state index in [0.29, 0.717) is 55.9 Å². The quantitative estimate of drug-likeness (QED) is 0.0973. The van der Waals surface area contributed by atoms with E-state index in [-0.39, 0.29) is 81.5 Å². The lowest BCUT2D eigenvalue weighted by atomic mass is 9.94. The lowest BCUT2D eigenvalue weighted by Crippen LogP contribution is -2.54. The van der Waals surface area contributed by atoms with Crippen molar-refractivity contribution >= 4 is 59.0 Å². The molecule has 0 aromatic heterocycles. The van der Waals surface area contributed by atoms with Crippen LogP contribution in [0.4, 0.5) is 14.9 Å². The fourth-order valence-electron chi connectivity index (χ4n) is 8.66. The molecule has 3 heterocycles. The first-order valence-corrected chi connectivity index (χ1v) is 22.5. The molecule has 2 saturated heterocycles. The SMILES string of the molecule is CC(=O)Nc1ccc2c(c1)CC[C@@]21OC(=O)N(CC(=O)N(Cc2ccc(F)cc2)[C@@H](C)CNC(=O)CCOCCOCCOCCCc2ccc3c(c2)C(=O)N(C2CCC(=O)NC2=O)C3=O)C1=O. The summed E-state index contributed by atoms with van der Waals surface area (Å²) in [6, 6.07) is 13.9. The number of amides is 9. The monoisotopic (exact) mass is 940 g/mol. The number of aryl methyl sites for hydroxylation is 2. The number of nitrogens with zero attached hydrogens (tertiary/aromatic N) is 3. The van der Waals surface area contributed by atoms with Gasteiger partial charge in [-0.25, -0.2) is 14.1 Å². The molecule has 360 valence electrons. The molecule has 0 radical (unpaired) electrons. The molecule has 2 fully saturated rings. The van der Waals surface area contributed by atoms with Crippen LogP contribution in [0.2, 0.25) is 0 Å². The number of fused-ring (bicyclic) bond motifs is 3. The molecule has 3 aliphatic heterocycles. The van der Waals surface area contributed by atoms with Gasteiger partial charge in [-0.3, -0.25) is 48.6 Å². The number of carbonyl (C=O) groups is 9. The number of benzene rings is 3. The Balaban J connectivity index is 0.782. The Morgan fingerprint density at radius 2 is 1.56 bits per heavy atom. The maximum atomic E-state index is 13.9. The molecule has 0 saturated carbocycles. The topological polar surface area (TPSA) is 236 Å². The second-order valence-electron chi connectivity index (χ2n) is 17.0. The van der Waals surface area contributed by atoms with Gasteiger partial charge in [-0.15, -0.1) is 0 Å². The zero-order chi connectivity index (χ0) is 48.5. The van der Waals surface area contributed by atoms with E-state index in [1.807, 2.05) is 0 Å². The number of anilines is 1. The Morgan fingerprint density at radius 3 is 2.28 bits per heavy atom. The molecule has 1 spiro atoms. The molecule has 1 aliphatic carbocycles. The van der Waals surface area contributed by atoms with E-state index in [0.717, 1.165) is 20.9 Å². The highest BCUT2D eigenvalue weighted by Crippen LogP contribution is 2.46. The molecule has 68 heavy (non-hydrogen) atoms. The van der Waals surface area contributed by atoms with Crippen LogP contribution in [0.25, 0.3) is 0 Å². The maximum absolute atomic E-state index is 13.9.